The Labute approximate surface area is 93.6 Å². The molecule has 0 aromatic heterocycles. The van der Waals surface area contributed by atoms with Crippen LogP contribution in [0.25, 0.3) is 10.8 Å². The summed E-state index contributed by atoms with van der Waals surface area (Å²) in [6.45, 7) is -0.450. The monoisotopic (exact) mass is 218 g/mol. The lowest BCUT2D eigenvalue weighted by Crippen LogP contribution is -2.21. The molecule has 84 valence electrons. The minimum atomic E-state index is -1.14. The van der Waals surface area contributed by atoms with Gasteiger partial charge in [0.2, 0.25) is 0 Å². The summed E-state index contributed by atoms with van der Waals surface area (Å²) in [7, 11) is 0. The van der Waals surface area contributed by atoms with Crippen LogP contribution in [-0.2, 0) is 0 Å². The number of hydrogen-bond donors (Lipinski definition) is 3. The Morgan fingerprint density at radius 2 is 1.62 bits per heavy atom. The first-order chi connectivity index (χ1) is 7.72. The fourth-order valence-electron chi connectivity index (χ4n) is 1.71. The van der Waals surface area contributed by atoms with E-state index in [0.717, 1.165) is 10.8 Å². The summed E-state index contributed by atoms with van der Waals surface area (Å²) in [6.07, 6.45) is -2.18. The number of rotatable bonds is 3. The zero-order chi connectivity index (χ0) is 11.5. The average Bonchev–Trinajstić information content (AvgIpc) is 2.36. The molecule has 0 aliphatic heterocycles. The first-order valence-corrected chi connectivity index (χ1v) is 5.18. The Kier molecular flexibility index (Phi) is 3.19. The summed E-state index contributed by atoms with van der Waals surface area (Å²) in [6, 6.07) is 13.2. The molecule has 0 amide bonds. The third-order valence-electron chi connectivity index (χ3n) is 2.67. The molecule has 3 nitrogen and oxygen atoms in total. The maximum Gasteiger partial charge on any atom is 0.107 e. The standard InChI is InChI=1S/C13H14O3/c14-8-12(15)13(16)11-6-5-9-3-1-2-4-10(9)7-11/h1-7,12-16H,8H2. The largest absolute Gasteiger partial charge is 0.394 e. The minimum absolute atomic E-state index is 0.450. The molecule has 0 spiro atoms. The Morgan fingerprint density at radius 3 is 2.31 bits per heavy atom. The number of hydrogen-bond acceptors (Lipinski definition) is 3. The average molecular weight is 218 g/mol. The molecule has 0 heterocycles. The van der Waals surface area contributed by atoms with Crippen molar-refractivity contribution < 1.29 is 15.3 Å². The van der Waals surface area contributed by atoms with Crippen LogP contribution in [0.5, 0.6) is 0 Å². The molecule has 3 N–H and O–H groups in total. The molecular weight excluding hydrogens is 204 g/mol. The van der Waals surface area contributed by atoms with E-state index in [4.69, 9.17) is 5.11 Å². The van der Waals surface area contributed by atoms with Gasteiger partial charge in [0.1, 0.15) is 12.2 Å². The third kappa shape index (κ3) is 2.07. The van der Waals surface area contributed by atoms with E-state index in [1.54, 1.807) is 6.07 Å². The van der Waals surface area contributed by atoms with Crippen LogP contribution >= 0.6 is 0 Å². The Balaban J connectivity index is 2.39. The molecule has 2 rings (SSSR count). The quantitative estimate of drug-likeness (QED) is 0.726. The molecule has 0 saturated heterocycles. The Hall–Kier alpha value is -1.42. The van der Waals surface area contributed by atoms with Crippen LogP contribution < -0.4 is 0 Å². The maximum atomic E-state index is 9.74. The fourth-order valence-corrected chi connectivity index (χ4v) is 1.71. The minimum Gasteiger partial charge on any atom is -0.394 e. The number of aliphatic hydroxyl groups is 3. The van der Waals surface area contributed by atoms with Crippen molar-refractivity contribution in [2.45, 2.75) is 12.2 Å². The topological polar surface area (TPSA) is 60.7 Å². The fraction of sp³-hybridized carbons (Fsp3) is 0.231. The van der Waals surface area contributed by atoms with Crippen LogP contribution in [0.3, 0.4) is 0 Å². The second kappa shape index (κ2) is 4.61. The van der Waals surface area contributed by atoms with Crippen LogP contribution in [-0.4, -0.2) is 28.0 Å². The second-order valence-electron chi connectivity index (χ2n) is 3.80. The molecular formula is C13H14O3. The lowest BCUT2D eigenvalue weighted by atomic mass is 10.0. The summed E-state index contributed by atoms with van der Waals surface area (Å²) in [4.78, 5) is 0. The van der Waals surface area contributed by atoms with Crippen molar-refractivity contribution in [3.8, 4) is 0 Å². The van der Waals surface area contributed by atoms with E-state index in [0.29, 0.717) is 5.56 Å². The zero-order valence-electron chi connectivity index (χ0n) is 8.74. The molecule has 0 bridgehead atoms. The van der Waals surface area contributed by atoms with E-state index in [1.165, 1.54) is 0 Å². The third-order valence-corrected chi connectivity index (χ3v) is 2.67. The maximum absolute atomic E-state index is 9.74. The molecule has 0 fully saturated rings. The SMILES string of the molecule is OCC(O)C(O)c1ccc2ccccc2c1. The number of fused-ring (bicyclic) bond motifs is 1. The van der Waals surface area contributed by atoms with Crippen LogP contribution in [0, 0.1) is 0 Å². The molecule has 0 radical (unpaired) electrons. The molecule has 3 heteroatoms. The summed E-state index contributed by atoms with van der Waals surface area (Å²) >= 11 is 0. The number of benzene rings is 2. The van der Waals surface area contributed by atoms with E-state index in [9.17, 15) is 10.2 Å². The van der Waals surface area contributed by atoms with Crippen molar-refractivity contribution in [3.63, 3.8) is 0 Å². The number of aliphatic hydroxyl groups excluding tert-OH is 3. The van der Waals surface area contributed by atoms with Crippen molar-refractivity contribution in [3.05, 3.63) is 48.0 Å². The van der Waals surface area contributed by atoms with Crippen molar-refractivity contribution >= 4 is 10.8 Å². The van der Waals surface area contributed by atoms with Crippen LogP contribution in [0.1, 0.15) is 11.7 Å². The van der Waals surface area contributed by atoms with Crippen molar-refractivity contribution in [1.29, 1.82) is 0 Å². The molecule has 2 unspecified atom stereocenters. The van der Waals surface area contributed by atoms with Gasteiger partial charge in [-0.2, -0.15) is 0 Å². The first-order valence-electron chi connectivity index (χ1n) is 5.18. The van der Waals surface area contributed by atoms with Gasteiger partial charge in [0, 0.05) is 0 Å². The van der Waals surface area contributed by atoms with Gasteiger partial charge in [-0.05, 0) is 22.4 Å². The van der Waals surface area contributed by atoms with E-state index in [-0.39, 0.29) is 0 Å². The van der Waals surface area contributed by atoms with Gasteiger partial charge in [-0.15, -0.1) is 0 Å². The van der Waals surface area contributed by atoms with Gasteiger partial charge in [-0.3, -0.25) is 0 Å². The molecule has 2 aromatic carbocycles. The smallest absolute Gasteiger partial charge is 0.107 e. The summed E-state index contributed by atoms with van der Waals surface area (Å²) in [5.74, 6) is 0. The molecule has 0 aliphatic rings. The van der Waals surface area contributed by atoms with E-state index < -0.39 is 18.8 Å². The second-order valence-corrected chi connectivity index (χ2v) is 3.80. The highest BCUT2D eigenvalue weighted by Crippen LogP contribution is 2.22. The predicted octanol–water partition coefficient (Wildman–Crippen LogP) is 1.23. The van der Waals surface area contributed by atoms with E-state index in [1.807, 2.05) is 36.4 Å². The van der Waals surface area contributed by atoms with Crippen LogP contribution in [0.4, 0.5) is 0 Å². The lowest BCUT2D eigenvalue weighted by Gasteiger charge is -2.16. The highest BCUT2D eigenvalue weighted by Gasteiger charge is 2.17. The summed E-state index contributed by atoms with van der Waals surface area (Å²) in [5.41, 5.74) is 0.611. The summed E-state index contributed by atoms with van der Waals surface area (Å²) in [5, 5.41) is 29.9. The van der Waals surface area contributed by atoms with E-state index >= 15 is 0 Å². The van der Waals surface area contributed by atoms with Gasteiger partial charge in [0.15, 0.2) is 0 Å². The molecule has 2 atom stereocenters. The van der Waals surface area contributed by atoms with Gasteiger partial charge in [0.05, 0.1) is 6.61 Å². The Bertz CT molecular complexity index is 481. The van der Waals surface area contributed by atoms with Crippen molar-refractivity contribution in [1.82, 2.24) is 0 Å². The molecule has 2 aromatic rings. The van der Waals surface area contributed by atoms with Crippen LogP contribution in [0.2, 0.25) is 0 Å². The van der Waals surface area contributed by atoms with Gasteiger partial charge in [-0.1, -0.05) is 36.4 Å². The normalized spacial score (nSPS) is 14.9. The first kappa shape index (κ1) is 11.1. The van der Waals surface area contributed by atoms with Crippen LogP contribution in [0.15, 0.2) is 42.5 Å². The van der Waals surface area contributed by atoms with Gasteiger partial charge >= 0.3 is 0 Å². The van der Waals surface area contributed by atoms with Crippen molar-refractivity contribution in [2.24, 2.45) is 0 Å². The predicted molar refractivity (Wildman–Crippen MR) is 62.0 cm³/mol. The zero-order valence-corrected chi connectivity index (χ0v) is 8.74. The Morgan fingerprint density at radius 1 is 0.938 bits per heavy atom. The highest BCUT2D eigenvalue weighted by atomic mass is 16.4. The van der Waals surface area contributed by atoms with Gasteiger partial charge in [-0.25, -0.2) is 0 Å². The lowest BCUT2D eigenvalue weighted by molar-refractivity contribution is -0.0152. The highest BCUT2D eigenvalue weighted by molar-refractivity contribution is 5.83. The molecule has 16 heavy (non-hydrogen) atoms. The van der Waals surface area contributed by atoms with Gasteiger partial charge < -0.3 is 15.3 Å². The summed E-state index contributed by atoms with van der Waals surface area (Å²) < 4.78 is 0. The van der Waals surface area contributed by atoms with Crippen molar-refractivity contribution in [2.75, 3.05) is 6.61 Å². The van der Waals surface area contributed by atoms with E-state index in [2.05, 4.69) is 0 Å². The van der Waals surface area contributed by atoms with Gasteiger partial charge in [0.25, 0.3) is 0 Å². The molecule has 0 aliphatic carbocycles. The molecule has 0 saturated carbocycles.